The lowest BCUT2D eigenvalue weighted by Crippen LogP contribution is -2.29. The Bertz CT molecular complexity index is 740. The normalized spacial score (nSPS) is 17.6. The molecular formula is C16H16Cl2N2O. The molecule has 5 heteroatoms. The highest BCUT2D eigenvalue weighted by molar-refractivity contribution is 6.35. The SMILES string of the molecule is NC1CCCc2c1ccc(=O)n2Cc1ccc(Cl)cc1Cl. The first-order chi connectivity index (χ1) is 10.1. The summed E-state index contributed by atoms with van der Waals surface area (Å²) in [6.45, 7) is 0.449. The van der Waals surface area contributed by atoms with Gasteiger partial charge >= 0.3 is 0 Å². The fraction of sp³-hybridized carbons (Fsp3) is 0.312. The number of pyridine rings is 1. The van der Waals surface area contributed by atoms with Crippen molar-refractivity contribution in [3.8, 4) is 0 Å². The summed E-state index contributed by atoms with van der Waals surface area (Å²) in [4.78, 5) is 12.2. The molecule has 2 aromatic rings. The number of nitrogens with two attached hydrogens (primary N) is 1. The number of hydrogen-bond donors (Lipinski definition) is 1. The van der Waals surface area contributed by atoms with Crippen molar-refractivity contribution in [3.05, 3.63) is 67.6 Å². The van der Waals surface area contributed by atoms with Crippen LogP contribution in [0.3, 0.4) is 0 Å². The van der Waals surface area contributed by atoms with Crippen LogP contribution in [-0.4, -0.2) is 4.57 Å². The van der Waals surface area contributed by atoms with E-state index in [2.05, 4.69) is 0 Å². The average Bonchev–Trinajstić information content (AvgIpc) is 2.44. The topological polar surface area (TPSA) is 48.0 Å². The molecule has 0 saturated heterocycles. The molecule has 1 aromatic carbocycles. The van der Waals surface area contributed by atoms with E-state index in [0.717, 1.165) is 36.1 Å². The molecule has 21 heavy (non-hydrogen) atoms. The van der Waals surface area contributed by atoms with E-state index < -0.39 is 0 Å². The van der Waals surface area contributed by atoms with Crippen LogP contribution < -0.4 is 11.3 Å². The van der Waals surface area contributed by atoms with Gasteiger partial charge in [0, 0.05) is 27.8 Å². The van der Waals surface area contributed by atoms with Crippen LogP contribution >= 0.6 is 23.2 Å². The Balaban J connectivity index is 2.06. The van der Waals surface area contributed by atoms with Gasteiger partial charge in [-0.25, -0.2) is 0 Å². The second kappa shape index (κ2) is 5.84. The standard InChI is InChI=1S/C16H16Cl2N2O/c17-11-5-4-10(13(18)8-11)9-20-15-3-1-2-14(19)12(15)6-7-16(20)21/h4-8,14H,1-3,9,19H2. The summed E-state index contributed by atoms with van der Waals surface area (Å²) in [5.41, 5.74) is 9.12. The molecule has 0 radical (unpaired) electrons. The van der Waals surface area contributed by atoms with Gasteiger partial charge in [0.05, 0.1) is 6.54 Å². The molecule has 1 aliphatic rings. The predicted molar refractivity (Wildman–Crippen MR) is 86.1 cm³/mol. The van der Waals surface area contributed by atoms with Gasteiger partial charge < -0.3 is 10.3 Å². The first-order valence-corrected chi connectivity index (χ1v) is 7.74. The summed E-state index contributed by atoms with van der Waals surface area (Å²) in [6, 6.07) is 8.81. The van der Waals surface area contributed by atoms with Crippen molar-refractivity contribution in [1.29, 1.82) is 0 Å². The van der Waals surface area contributed by atoms with Crippen molar-refractivity contribution in [3.63, 3.8) is 0 Å². The van der Waals surface area contributed by atoms with Crippen molar-refractivity contribution in [2.24, 2.45) is 5.73 Å². The van der Waals surface area contributed by atoms with Crippen molar-refractivity contribution in [2.45, 2.75) is 31.8 Å². The van der Waals surface area contributed by atoms with Gasteiger partial charge in [-0.15, -0.1) is 0 Å². The molecule has 1 atom stereocenters. The van der Waals surface area contributed by atoms with Gasteiger partial charge in [-0.05, 0) is 42.5 Å². The highest BCUT2D eigenvalue weighted by Gasteiger charge is 2.20. The van der Waals surface area contributed by atoms with Gasteiger partial charge in [-0.2, -0.15) is 0 Å². The Morgan fingerprint density at radius 2 is 2.05 bits per heavy atom. The molecule has 0 bridgehead atoms. The van der Waals surface area contributed by atoms with Crippen LogP contribution in [0.15, 0.2) is 35.1 Å². The molecule has 3 nitrogen and oxygen atoms in total. The Labute approximate surface area is 133 Å². The summed E-state index contributed by atoms with van der Waals surface area (Å²) in [6.07, 6.45) is 2.85. The molecule has 1 aliphatic carbocycles. The van der Waals surface area contributed by atoms with E-state index in [4.69, 9.17) is 28.9 Å². The highest BCUT2D eigenvalue weighted by atomic mass is 35.5. The lowest BCUT2D eigenvalue weighted by molar-refractivity contribution is 0.529. The summed E-state index contributed by atoms with van der Waals surface area (Å²) in [7, 11) is 0. The van der Waals surface area contributed by atoms with E-state index in [0.29, 0.717) is 16.6 Å². The number of halogens is 2. The molecule has 0 saturated carbocycles. The monoisotopic (exact) mass is 322 g/mol. The minimum Gasteiger partial charge on any atom is -0.324 e. The van der Waals surface area contributed by atoms with Crippen molar-refractivity contribution >= 4 is 23.2 Å². The lowest BCUT2D eigenvalue weighted by atomic mass is 9.91. The minimum atomic E-state index is -0.0196. The number of fused-ring (bicyclic) bond motifs is 1. The number of rotatable bonds is 2. The molecule has 1 unspecified atom stereocenters. The molecule has 0 spiro atoms. The summed E-state index contributed by atoms with van der Waals surface area (Å²) in [5.74, 6) is 0. The van der Waals surface area contributed by atoms with Crippen LogP contribution in [0.25, 0.3) is 0 Å². The van der Waals surface area contributed by atoms with Crippen LogP contribution in [0.2, 0.25) is 10.0 Å². The van der Waals surface area contributed by atoms with Crippen molar-refractivity contribution in [2.75, 3.05) is 0 Å². The van der Waals surface area contributed by atoms with Gasteiger partial charge in [-0.1, -0.05) is 35.3 Å². The Kier molecular flexibility index (Phi) is 4.07. The molecule has 0 aliphatic heterocycles. The minimum absolute atomic E-state index is 0.0151. The third-order valence-electron chi connectivity index (χ3n) is 4.00. The Hall–Kier alpha value is -1.29. The van der Waals surface area contributed by atoms with Gasteiger partial charge in [0.1, 0.15) is 0 Å². The van der Waals surface area contributed by atoms with E-state index in [1.54, 1.807) is 22.8 Å². The second-order valence-corrected chi connectivity index (χ2v) is 6.24. The van der Waals surface area contributed by atoms with Gasteiger partial charge in [0.15, 0.2) is 0 Å². The summed E-state index contributed by atoms with van der Waals surface area (Å²) < 4.78 is 1.78. The summed E-state index contributed by atoms with van der Waals surface area (Å²) >= 11 is 12.1. The van der Waals surface area contributed by atoms with Gasteiger partial charge in [0.25, 0.3) is 5.56 Å². The van der Waals surface area contributed by atoms with E-state index in [-0.39, 0.29) is 11.6 Å². The quantitative estimate of drug-likeness (QED) is 0.919. The predicted octanol–water partition coefficient (Wildman–Crippen LogP) is 3.54. The number of benzene rings is 1. The fourth-order valence-corrected chi connectivity index (χ4v) is 3.36. The van der Waals surface area contributed by atoms with E-state index in [1.165, 1.54) is 0 Å². The first kappa shape index (κ1) is 14.6. The average molecular weight is 323 g/mol. The zero-order chi connectivity index (χ0) is 15.0. The largest absolute Gasteiger partial charge is 0.324 e. The van der Waals surface area contributed by atoms with Gasteiger partial charge in [0.2, 0.25) is 0 Å². The third kappa shape index (κ3) is 2.86. The van der Waals surface area contributed by atoms with Gasteiger partial charge in [-0.3, -0.25) is 4.79 Å². The van der Waals surface area contributed by atoms with E-state index in [9.17, 15) is 4.79 Å². The van der Waals surface area contributed by atoms with Crippen LogP contribution in [0.1, 0.15) is 35.7 Å². The number of aromatic nitrogens is 1. The fourth-order valence-electron chi connectivity index (χ4n) is 2.89. The van der Waals surface area contributed by atoms with Crippen LogP contribution in [0.4, 0.5) is 0 Å². The van der Waals surface area contributed by atoms with Crippen LogP contribution in [0.5, 0.6) is 0 Å². The smallest absolute Gasteiger partial charge is 0.251 e. The van der Waals surface area contributed by atoms with Crippen molar-refractivity contribution in [1.82, 2.24) is 4.57 Å². The van der Waals surface area contributed by atoms with Crippen LogP contribution in [-0.2, 0) is 13.0 Å². The zero-order valence-corrected chi connectivity index (χ0v) is 13.0. The molecule has 0 fully saturated rings. The Morgan fingerprint density at radius 1 is 1.24 bits per heavy atom. The number of hydrogen-bond acceptors (Lipinski definition) is 2. The highest BCUT2D eigenvalue weighted by Crippen LogP contribution is 2.28. The molecule has 110 valence electrons. The lowest BCUT2D eigenvalue weighted by Gasteiger charge is -2.25. The van der Waals surface area contributed by atoms with Crippen molar-refractivity contribution < 1.29 is 0 Å². The van der Waals surface area contributed by atoms with E-state index in [1.807, 2.05) is 12.1 Å². The van der Waals surface area contributed by atoms with Crippen LogP contribution in [0, 0.1) is 0 Å². The Morgan fingerprint density at radius 3 is 2.81 bits per heavy atom. The molecule has 1 aromatic heterocycles. The maximum Gasteiger partial charge on any atom is 0.251 e. The number of nitrogens with zero attached hydrogens (tertiary/aromatic N) is 1. The van der Waals surface area contributed by atoms with E-state index >= 15 is 0 Å². The molecular weight excluding hydrogens is 307 g/mol. The second-order valence-electron chi connectivity index (χ2n) is 5.39. The maximum absolute atomic E-state index is 12.2. The molecule has 3 rings (SSSR count). The third-order valence-corrected chi connectivity index (χ3v) is 4.59. The first-order valence-electron chi connectivity index (χ1n) is 6.98. The molecule has 0 amide bonds. The molecule has 2 N–H and O–H groups in total. The maximum atomic E-state index is 12.2. The molecule has 1 heterocycles. The summed E-state index contributed by atoms with van der Waals surface area (Å²) in [5, 5.41) is 1.17. The zero-order valence-electron chi connectivity index (χ0n) is 11.5.